The van der Waals surface area contributed by atoms with Gasteiger partial charge in [0.15, 0.2) is 0 Å². The molecular weight excluding hydrogens is 396 g/mol. The van der Waals surface area contributed by atoms with Gasteiger partial charge in [-0.25, -0.2) is 4.68 Å². The molecule has 1 saturated heterocycles. The first kappa shape index (κ1) is 20.5. The summed E-state index contributed by atoms with van der Waals surface area (Å²) in [6.07, 6.45) is 0. The average Bonchev–Trinajstić information content (AvgIpc) is 3.03. The molecule has 0 aliphatic carbocycles. The average molecular weight is 423 g/mol. The first-order valence-electron chi connectivity index (χ1n) is 10.3. The van der Waals surface area contributed by atoms with E-state index in [0.717, 1.165) is 43.3 Å². The molecule has 1 fully saturated rings. The number of halogens is 1. The maximum Gasteiger partial charge on any atom is 0.253 e. The van der Waals surface area contributed by atoms with Crippen molar-refractivity contribution in [3.05, 3.63) is 75.6 Å². The number of anilines is 1. The van der Waals surface area contributed by atoms with Gasteiger partial charge < -0.3 is 9.80 Å². The van der Waals surface area contributed by atoms with Crippen LogP contribution in [0.25, 0.3) is 5.69 Å². The SMILES string of the molecule is Cc1cccc(N2CCN(C(=O)c3ccc(-n4nc(C)c(Cl)c4C)cc3)CC2)c1C. The second-order valence-corrected chi connectivity index (χ2v) is 8.32. The summed E-state index contributed by atoms with van der Waals surface area (Å²) in [7, 11) is 0. The lowest BCUT2D eigenvalue weighted by molar-refractivity contribution is 0.0747. The summed E-state index contributed by atoms with van der Waals surface area (Å²) < 4.78 is 1.81. The monoisotopic (exact) mass is 422 g/mol. The Labute approximate surface area is 182 Å². The Morgan fingerprint density at radius 1 is 0.933 bits per heavy atom. The Morgan fingerprint density at radius 2 is 1.60 bits per heavy atom. The van der Waals surface area contributed by atoms with Crippen molar-refractivity contribution in [3.8, 4) is 5.69 Å². The Hall–Kier alpha value is -2.79. The molecular formula is C24H27ClN4O. The van der Waals surface area contributed by atoms with Gasteiger partial charge in [0.2, 0.25) is 0 Å². The second kappa shape index (κ2) is 8.15. The molecule has 0 spiro atoms. The van der Waals surface area contributed by atoms with Gasteiger partial charge in [-0.3, -0.25) is 4.79 Å². The van der Waals surface area contributed by atoms with E-state index in [9.17, 15) is 4.79 Å². The molecule has 4 rings (SSSR count). The molecule has 0 atom stereocenters. The van der Waals surface area contributed by atoms with Crippen LogP contribution in [0.15, 0.2) is 42.5 Å². The number of aryl methyl sites for hydroxylation is 2. The minimum absolute atomic E-state index is 0.0774. The summed E-state index contributed by atoms with van der Waals surface area (Å²) in [6, 6.07) is 14.0. The smallest absolute Gasteiger partial charge is 0.253 e. The minimum Gasteiger partial charge on any atom is -0.368 e. The minimum atomic E-state index is 0.0774. The van der Waals surface area contributed by atoms with Crippen LogP contribution < -0.4 is 4.90 Å². The number of hydrogen-bond acceptors (Lipinski definition) is 3. The van der Waals surface area contributed by atoms with E-state index in [2.05, 4.69) is 42.0 Å². The molecule has 156 valence electrons. The zero-order valence-electron chi connectivity index (χ0n) is 17.9. The number of amides is 1. The fourth-order valence-corrected chi connectivity index (χ4v) is 4.15. The van der Waals surface area contributed by atoms with Crippen LogP contribution in [-0.2, 0) is 0 Å². The summed E-state index contributed by atoms with van der Waals surface area (Å²) in [5, 5.41) is 5.16. The fourth-order valence-electron chi connectivity index (χ4n) is 4.03. The van der Waals surface area contributed by atoms with E-state index < -0.39 is 0 Å². The highest BCUT2D eigenvalue weighted by molar-refractivity contribution is 6.31. The van der Waals surface area contributed by atoms with Gasteiger partial charge in [-0.1, -0.05) is 23.7 Å². The molecule has 2 heterocycles. The summed E-state index contributed by atoms with van der Waals surface area (Å²) in [6.45, 7) is 11.3. The van der Waals surface area contributed by atoms with Crippen LogP contribution in [0.5, 0.6) is 0 Å². The Morgan fingerprint density at radius 3 is 2.20 bits per heavy atom. The van der Waals surface area contributed by atoms with E-state index in [-0.39, 0.29) is 5.91 Å². The predicted octanol–water partition coefficient (Wildman–Crippen LogP) is 4.72. The number of rotatable bonds is 3. The van der Waals surface area contributed by atoms with E-state index in [1.54, 1.807) is 0 Å². The van der Waals surface area contributed by atoms with Crippen molar-refractivity contribution in [2.45, 2.75) is 27.7 Å². The van der Waals surface area contributed by atoms with Gasteiger partial charge in [-0.2, -0.15) is 5.10 Å². The highest BCUT2D eigenvalue weighted by Gasteiger charge is 2.23. The highest BCUT2D eigenvalue weighted by Crippen LogP contribution is 2.25. The standard InChI is InChI=1S/C24H27ClN4O/c1-16-6-5-7-22(17(16)2)27-12-14-28(15-13-27)24(30)20-8-10-21(11-9-20)29-19(4)23(25)18(3)26-29/h5-11H,12-15H2,1-4H3. The van der Waals surface area contributed by atoms with Crippen molar-refractivity contribution >= 4 is 23.2 Å². The van der Waals surface area contributed by atoms with Crippen molar-refractivity contribution in [3.63, 3.8) is 0 Å². The van der Waals surface area contributed by atoms with Crippen LogP contribution in [0.2, 0.25) is 5.02 Å². The number of carbonyl (C=O) groups is 1. The number of nitrogens with zero attached hydrogens (tertiary/aromatic N) is 4. The molecule has 1 aliphatic rings. The summed E-state index contributed by atoms with van der Waals surface area (Å²) in [4.78, 5) is 17.3. The molecule has 3 aromatic rings. The molecule has 5 nitrogen and oxygen atoms in total. The van der Waals surface area contributed by atoms with Crippen molar-refractivity contribution in [2.24, 2.45) is 0 Å². The summed E-state index contributed by atoms with van der Waals surface area (Å²) >= 11 is 6.26. The van der Waals surface area contributed by atoms with Crippen LogP contribution in [0.1, 0.15) is 32.9 Å². The molecule has 0 bridgehead atoms. The largest absolute Gasteiger partial charge is 0.368 e. The summed E-state index contributed by atoms with van der Waals surface area (Å²) in [5.41, 5.74) is 7.19. The third-order valence-electron chi connectivity index (χ3n) is 6.05. The first-order valence-corrected chi connectivity index (χ1v) is 10.7. The normalized spacial score (nSPS) is 14.3. The lowest BCUT2D eigenvalue weighted by atomic mass is 10.1. The van der Waals surface area contributed by atoms with Crippen LogP contribution in [0.4, 0.5) is 5.69 Å². The molecule has 1 aliphatic heterocycles. The fraction of sp³-hybridized carbons (Fsp3) is 0.333. The molecule has 0 radical (unpaired) electrons. The maximum atomic E-state index is 13.0. The van der Waals surface area contributed by atoms with Gasteiger partial charge in [0.05, 0.1) is 22.1 Å². The maximum absolute atomic E-state index is 13.0. The zero-order valence-corrected chi connectivity index (χ0v) is 18.7. The van der Waals surface area contributed by atoms with Gasteiger partial charge in [0, 0.05) is 37.4 Å². The van der Waals surface area contributed by atoms with Crippen molar-refractivity contribution in [1.29, 1.82) is 0 Å². The van der Waals surface area contributed by atoms with Crippen molar-refractivity contribution in [1.82, 2.24) is 14.7 Å². The number of hydrogen-bond donors (Lipinski definition) is 0. The van der Waals surface area contributed by atoms with Crippen molar-refractivity contribution in [2.75, 3.05) is 31.1 Å². The van der Waals surface area contributed by atoms with Gasteiger partial charge in [-0.15, -0.1) is 0 Å². The molecule has 0 saturated carbocycles. The first-order chi connectivity index (χ1) is 14.4. The lowest BCUT2D eigenvalue weighted by Gasteiger charge is -2.37. The third kappa shape index (κ3) is 3.70. The number of carbonyl (C=O) groups excluding carboxylic acids is 1. The van der Waals surface area contributed by atoms with E-state index in [1.165, 1.54) is 16.8 Å². The van der Waals surface area contributed by atoms with E-state index in [1.807, 2.05) is 47.7 Å². The van der Waals surface area contributed by atoms with Gasteiger partial charge in [0.1, 0.15) is 0 Å². The number of aromatic nitrogens is 2. The van der Waals surface area contributed by atoms with E-state index in [4.69, 9.17) is 11.6 Å². The van der Waals surface area contributed by atoms with E-state index >= 15 is 0 Å². The summed E-state index contributed by atoms with van der Waals surface area (Å²) in [5.74, 6) is 0.0774. The van der Waals surface area contributed by atoms with Gasteiger partial charge in [-0.05, 0) is 69.2 Å². The lowest BCUT2D eigenvalue weighted by Crippen LogP contribution is -2.49. The van der Waals surface area contributed by atoms with Gasteiger partial charge >= 0.3 is 0 Å². The Bertz CT molecular complexity index is 1080. The zero-order chi connectivity index (χ0) is 21.4. The predicted molar refractivity (Wildman–Crippen MR) is 122 cm³/mol. The van der Waals surface area contributed by atoms with Crippen LogP contribution in [0, 0.1) is 27.7 Å². The van der Waals surface area contributed by atoms with Gasteiger partial charge in [0.25, 0.3) is 5.91 Å². The number of benzene rings is 2. The topological polar surface area (TPSA) is 41.4 Å². The van der Waals surface area contributed by atoms with Crippen molar-refractivity contribution < 1.29 is 4.79 Å². The Kier molecular flexibility index (Phi) is 5.56. The molecule has 1 amide bonds. The van der Waals surface area contributed by atoms with Crippen LogP contribution in [0.3, 0.4) is 0 Å². The molecule has 30 heavy (non-hydrogen) atoms. The second-order valence-electron chi connectivity index (χ2n) is 7.94. The molecule has 6 heteroatoms. The third-order valence-corrected chi connectivity index (χ3v) is 6.59. The molecule has 1 aromatic heterocycles. The molecule has 0 unspecified atom stereocenters. The number of piperazine rings is 1. The molecule has 2 aromatic carbocycles. The van der Waals surface area contributed by atoms with Crippen LogP contribution >= 0.6 is 11.6 Å². The Balaban J connectivity index is 1.44. The quantitative estimate of drug-likeness (QED) is 0.613. The highest BCUT2D eigenvalue weighted by atomic mass is 35.5. The van der Waals surface area contributed by atoms with E-state index in [0.29, 0.717) is 10.6 Å². The van der Waals surface area contributed by atoms with Crippen LogP contribution in [-0.4, -0.2) is 46.8 Å². The molecule has 0 N–H and O–H groups in total.